The van der Waals surface area contributed by atoms with E-state index in [2.05, 4.69) is 48.0 Å². The summed E-state index contributed by atoms with van der Waals surface area (Å²) in [6.45, 7) is 7.97. The summed E-state index contributed by atoms with van der Waals surface area (Å²) < 4.78 is 7.23. The number of amides is 3. The van der Waals surface area contributed by atoms with Gasteiger partial charge in [0.05, 0.1) is 12.0 Å². The van der Waals surface area contributed by atoms with Crippen molar-refractivity contribution in [3.8, 4) is 11.4 Å². The second-order valence-electron chi connectivity index (χ2n) is 8.95. The number of imide groups is 1. The molecular weight excluding hydrogens is 474 g/mol. The number of carbonyl (C=O) groups is 3. The van der Waals surface area contributed by atoms with Crippen LogP contribution in [0.4, 0.5) is 10.5 Å². The molecule has 0 atom stereocenters. The summed E-state index contributed by atoms with van der Waals surface area (Å²) in [6, 6.07) is 17.2. The van der Waals surface area contributed by atoms with Gasteiger partial charge in [-0.1, -0.05) is 26.0 Å². The fraction of sp³-hybridized carbons (Fsp3) is 0.250. The van der Waals surface area contributed by atoms with Crippen LogP contribution in [0.2, 0.25) is 0 Å². The van der Waals surface area contributed by atoms with E-state index in [9.17, 15) is 14.4 Å². The smallest absolute Gasteiger partial charge is 0.294 e. The van der Waals surface area contributed by atoms with Gasteiger partial charge < -0.3 is 14.6 Å². The number of anilines is 1. The Labute approximate surface area is 215 Å². The normalized spacial score (nSPS) is 14.7. The Bertz CT molecular complexity index is 1340. The number of nitrogens with zero attached hydrogens (tertiary/aromatic N) is 2. The third kappa shape index (κ3) is 5.23. The highest BCUT2D eigenvalue weighted by Gasteiger charge is 2.36. The van der Waals surface area contributed by atoms with Gasteiger partial charge in [-0.2, -0.15) is 0 Å². The van der Waals surface area contributed by atoms with E-state index in [1.54, 1.807) is 37.5 Å². The van der Waals surface area contributed by atoms with Crippen LogP contribution in [0.5, 0.6) is 5.75 Å². The number of thioether (sulfide) groups is 1. The van der Waals surface area contributed by atoms with Crippen molar-refractivity contribution in [1.82, 2.24) is 9.47 Å². The van der Waals surface area contributed by atoms with Crippen LogP contribution in [0.3, 0.4) is 0 Å². The highest BCUT2D eigenvalue weighted by molar-refractivity contribution is 8.18. The molecule has 2 heterocycles. The predicted molar refractivity (Wildman–Crippen MR) is 144 cm³/mol. The molecule has 0 bridgehead atoms. The second kappa shape index (κ2) is 10.5. The molecule has 0 aliphatic carbocycles. The molecular formula is C28H29N3O4S. The lowest BCUT2D eigenvalue weighted by Crippen LogP contribution is -2.36. The number of hydrogen-bond donors (Lipinski definition) is 1. The lowest BCUT2D eigenvalue weighted by molar-refractivity contribution is -0.127. The third-order valence-corrected chi connectivity index (χ3v) is 7.03. The summed E-state index contributed by atoms with van der Waals surface area (Å²) in [5, 5.41) is 2.24. The van der Waals surface area contributed by atoms with Crippen molar-refractivity contribution in [3.05, 3.63) is 82.0 Å². The van der Waals surface area contributed by atoms with Gasteiger partial charge in [-0.05, 0) is 91.2 Å². The first-order valence-electron chi connectivity index (χ1n) is 11.7. The minimum absolute atomic E-state index is 0.299. The molecule has 8 heteroatoms. The van der Waals surface area contributed by atoms with Crippen LogP contribution in [0.25, 0.3) is 11.8 Å². The van der Waals surface area contributed by atoms with E-state index in [-0.39, 0.29) is 6.54 Å². The van der Waals surface area contributed by atoms with Gasteiger partial charge in [0, 0.05) is 22.8 Å². The van der Waals surface area contributed by atoms with Crippen LogP contribution in [0, 0.1) is 13.8 Å². The number of carbonyl (C=O) groups excluding carboxylic acids is 3. The van der Waals surface area contributed by atoms with E-state index in [4.69, 9.17) is 4.74 Å². The zero-order valence-corrected chi connectivity index (χ0v) is 21.8. The van der Waals surface area contributed by atoms with Gasteiger partial charge in [0.15, 0.2) is 0 Å². The fourth-order valence-corrected chi connectivity index (χ4v) is 4.96. The molecule has 4 rings (SSSR count). The summed E-state index contributed by atoms with van der Waals surface area (Å²) in [6.07, 6.45) is 1.73. The molecule has 1 aliphatic rings. The molecule has 0 saturated carbocycles. The summed E-state index contributed by atoms with van der Waals surface area (Å²) >= 11 is 0.847. The molecule has 3 aromatic rings. The first-order chi connectivity index (χ1) is 17.2. The van der Waals surface area contributed by atoms with Crippen LogP contribution >= 0.6 is 11.8 Å². The predicted octanol–water partition coefficient (Wildman–Crippen LogP) is 5.90. The van der Waals surface area contributed by atoms with Crippen LogP contribution in [0.1, 0.15) is 42.3 Å². The lowest BCUT2D eigenvalue weighted by atomic mass is 10.0. The fourth-order valence-electron chi connectivity index (χ4n) is 4.14. The highest BCUT2D eigenvalue weighted by atomic mass is 32.2. The third-order valence-electron chi connectivity index (χ3n) is 6.12. The van der Waals surface area contributed by atoms with Crippen molar-refractivity contribution in [3.63, 3.8) is 0 Å². The first kappa shape index (κ1) is 25.3. The van der Waals surface area contributed by atoms with Crippen molar-refractivity contribution in [2.24, 2.45) is 0 Å². The van der Waals surface area contributed by atoms with E-state index >= 15 is 0 Å². The molecule has 0 spiro atoms. The number of nitrogens with one attached hydrogen (secondary N) is 1. The van der Waals surface area contributed by atoms with Gasteiger partial charge in [0.2, 0.25) is 5.91 Å². The summed E-state index contributed by atoms with van der Waals surface area (Å²) in [5.41, 5.74) is 5.71. The van der Waals surface area contributed by atoms with Crippen LogP contribution in [-0.2, 0) is 9.59 Å². The van der Waals surface area contributed by atoms with Gasteiger partial charge in [-0.15, -0.1) is 0 Å². The standard InChI is InChI=1S/C28H29N3O4S/c1-17(2)20-6-10-23(11-7-20)31-18(3)14-21(19(31)4)15-25-27(33)30(28(34)36-25)16-26(32)29-22-8-12-24(35-5)13-9-22/h6-15,17H,16H2,1-5H3,(H,29,32)/b25-15+. The van der Waals surface area contributed by atoms with Gasteiger partial charge >= 0.3 is 0 Å². The summed E-state index contributed by atoms with van der Waals surface area (Å²) in [5.74, 6) is 0.194. The van der Waals surface area contributed by atoms with Crippen LogP contribution in [0.15, 0.2) is 59.5 Å². The largest absolute Gasteiger partial charge is 0.497 e. The molecule has 36 heavy (non-hydrogen) atoms. The Morgan fingerprint density at radius 2 is 1.72 bits per heavy atom. The number of aromatic nitrogens is 1. The van der Waals surface area contributed by atoms with E-state index in [1.807, 2.05) is 19.9 Å². The van der Waals surface area contributed by atoms with Crippen molar-refractivity contribution in [2.75, 3.05) is 19.0 Å². The van der Waals surface area contributed by atoms with E-state index < -0.39 is 17.1 Å². The first-order valence-corrected chi connectivity index (χ1v) is 12.5. The molecule has 1 aliphatic heterocycles. The van der Waals surface area contributed by atoms with Crippen LogP contribution in [-0.4, -0.2) is 40.2 Å². The van der Waals surface area contributed by atoms with Gasteiger partial charge in [0.1, 0.15) is 12.3 Å². The summed E-state index contributed by atoms with van der Waals surface area (Å²) in [4.78, 5) is 39.3. The Kier molecular flexibility index (Phi) is 7.35. The Morgan fingerprint density at radius 3 is 2.33 bits per heavy atom. The average molecular weight is 504 g/mol. The highest BCUT2D eigenvalue weighted by Crippen LogP contribution is 2.34. The minimum Gasteiger partial charge on any atom is -0.497 e. The molecule has 2 aromatic carbocycles. The average Bonchev–Trinajstić information content (AvgIpc) is 3.28. The molecule has 1 saturated heterocycles. The maximum absolute atomic E-state index is 13.0. The van der Waals surface area contributed by atoms with Gasteiger partial charge in [0.25, 0.3) is 11.1 Å². The molecule has 3 amide bonds. The number of ether oxygens (including phenoxy) is 1. The number of methoxy groups -OCH3 is 1. The maximum Gasteiger partial charge on any atom is 0.294 e. The van der Waals surface area contributed by atoms with E-state index in [1.165, 1.54) is 5.56 Å². The zero-order chi connectivity index (χ0) is 26.0. The molecule has 186 valence electrons. The van der Waals surface area contributed by atoms with E-state index in [0.717, 1.165) is 39.3 Å². The van der Waals surface area contributed by atoms with Gasteiger partial charge in [-0.3, -0.25) is 19.3 Å². The van der Waals surface area contributed by atoms with Crippen molar-refractivity contribution in [2.45, 2.75) is 33.6 Å². The second-order valence-corrected chi connectivity index (χ2v) is 9.95. The maximum atomic E-state index is 13.0. The number of rotatable bonds is 7. The molecule has 1 N–H and O–H groups in total. The molecule has 0 unspecified atom stereocenters. The Hall–Kier alpha value is -3.78. The molecule has 7 nitrogen and oxygen atoms in total. The zero-order valence-electron chi connectivity index (χ0n) is 21.0. The lowest BCUT2D eigenvalue weighted by Gasteiger charge is -2.12. The molecule has 0 radical (unpaired) electrons. The SMILES string of the molecule is COc1ccc(NC(=O)CN2C(=O)S/C(=C/c3cc(C)n(-c4ccc(C(C)C)cc4)c3C)C2=O)cc1. The monoisotopic (exact) mass is 503 g/mol. The van der Waals surface area contributed by atoms with Gasteiger partial charge in [-0.25, -0.2) is 0 Å². The Morgan fingerprint density at radius 1 is 1.06 bits per heavy atom. The van der Waals surface area contributed by atoms with Crippen molar-refractivity contribution in [1.29, 1.82) is 0 Å². The van der Waals surface area contributed by atoms with E-state index in [0.29, 0.717) is 22.3 Å². The van der Waals surface area contributed by atoms with Crippen molar-refractivity contribution >= 4 is 40.6 Å². The summed E-state index contributed by atoms with van der Waals surface area (Å²) in [7, 11) is 1.56. The number of hydrogen-bond acceptors (Lipinski definition) is 5. The quantitative estimate of drug-likeness (QED) is 0.406. The minimum atomic E-state index is -0.471. The topological polar surface area (TPSA) is 80.6 Å². The van der Waals surface area contributed by atoms with Crippen LogP contribution < -0.4 is 10.1 Å². The molecule has 1 fully saturated rings. The number of aryl methyl sites for hydroxylation is 1. The molecule has 1 aromatic heterocycles. The van der Waals surface area contributed by atoms with Crippen molar-refractivity contribution < 1.29 is 19.1 Å². The Balaban J connectivity index is 1.50. The number of benzene rings is 2.